The number of nitrogens with two attached hydrogens (primary N) is 1. The van der Waals surface area contributed by atoms with Gasteiger partial charge >= 0.3 is 0 Å². The van der Waals surface area contributed by atoms with Gasteiger partial charge in [0.2, 0.25) is 0 Å². The fourth-order valence-corrected chi connectivity index (χ4v) is 1.72. The lowest BCUT2D eigenvalue weighted by molar-refractivity contribution is 0.0439. The number of nitrogens with zero attached hydrogens (tertiary/aromatic N) is 2. The molecular formula is C15H27N3O3. The summed E-state index contributed by atoms with van der Waals surface area (Å²) in [6, 6.07) is 0. The quantitative estimate of drug-likeness (QED) is 0.625. The fraction of sp³-hybridized carbons (Fsp3) is 0.733. The molecule has 0 saturated carbocycles. The van der Waals surface area contributed by atoms with E-state index in [1.807, 2.05) is 6.08 Å². The zero-order valence-electron chi connectivity index (χ0n) is 13.1. The second-order valence-electron chi connectivity index (χ2n) is 4.72. The monoisotopic (exact) mass is 297 g/mol. The third-order valence-corrected chi connectivity index (χ3v) is 2.89. The average molecular weight is 297 g/mol. The van der Waals surface area contributed by atoms with Crippen molar-refractivity contribution >= 4 is 11.7 Å². The van der Waals surface area contributed by atoms with Crippen molar-refractivity contribution in [2.75, 3.05) is 40.1 Å². The first-order chi connectivity index (χ1) is 10.3. The molecule has 0 spiro atoms. The molecule has 1 heterocycles. The van der Waals surface area contributed by atoms with Crippen molar-refractivity contribution in [3.8, 4) is 0 Å². The van der Waals surface area contributed by atoms with Crippen molar-refractivity contribution in [1.29, 1.82) is 0 Å². The van der Waals surface area contributed by atoms with Crippen molar-refractivity contribution in [2.45, 2.75) is 32.6 Å². The molecule has 0 amide bonds. The minimum Gasteiger partial charge on any atom is -0.488 e. The molecular weight excluding hydrogens is 270 g/mol. The Labute approximate surface area is 127 Å². The Morgan fingerprint density at radius 2 is 2.10 bits per heavy atom. The fourth-order valence-electron chi connectivity index (χ4n) is 1.72. The smallest absolute Gasteiger partial charge is 0.191 e. The van der Waals surface area contributed by atoms with Gasteiger partial charge in [-0.3, -0.25) is 4.99 Å². The maximum absolute atomic E-state index is 5.84. The van der Waals surface area contributed by atoms with Gasteiger partial charge in [-0.2, -0.15) is 0 Å². The predicted molar refractivity (Wildman–Crippen MR) is 84.8 cm³/mol. The Morgan fingerprint density at radius 3 is 2.86 bits per heavy atom. The van der Waals surface area contributed by atoms with Crippen LogP contribution in [0.2, 0.25) is 0 Å². The van der Waals surface area contributed by atoms with Gasteiger partial charge in [0.15, 0.2) is 11.6 Å². The van der Waals surface area contributed by atoms with Crippen LogP contribution in [0.5, 0.6) is 0 Å². The van der Waals surface area contributed by atoms with Gasteiger partial charge in [0.05, 0.1) is 19.8 Å². The lowest BCUT2D eigenvalue weighted by Crippen LogP contribution is -2.15. The molecule has 21 heavy (non-hydrogen) atoms. The molecule has 0 aromatic heterocycles. The molecule has 0 radical (unpaired) electrons. The Kier molecular flexibility index (Phi) is 9.48. The highest BCUT2D eigenvalue weighted by Gasteiger charge is 2.12. The van der Waals surface area contributed by atoms with Gasteiger partial charge in [-0.15, -0.1) is 0 Å². The summed E-state index contributed by atoms with van der Waals surface area (Å²) < 4.78 is 16.0. The minimum atomic E-state index is 0.470. The SMILES string of the molecule is CCCCN=C1N=C(N)CCC=C1OCCOCCOC. The van der Waals surface area contributed by atoms with Crippen molar-refractivity contribution < 1.29 is 14.2 Å². The van der Waals surface area contributed by atoms with E-state index < -0.39 is 0 Å². The maximum atomic E-state index is 5.84. The second kappa shape index (κ2) is 11.3. The number of allylic oxidation sites excluding steroid dienone is 1. The maximum Gasteiger partial charge on any atom is 0.191 e. The summed E-state index contributed by atoms with van der Waals surface area (Å²) in [4.78, 5) is 8.84. The molecule has 0 aromatic carbocycles. The molecule has 120 valence electrons. The van der Waals surface area contributed by atoms with Crippen LogP contribution < -0.4 is 5.73 Å². The van der Waals surface area contributed by atoms with Gasteiger partial charge in [0, 0.05) is 20.1 Å². The van der Waals surface area contributed by atoms with Crippen molar-refractivity contribution in [3.63, 3.8) is 0 Å². The van der Waals surface area contributed by atoms with Crippen LogP contribution in [0.15, 0.2) is 21.8 Å². The number of methoxy groups -OCH3 is 1. The largest absolute Gasteiger partial charge is 0.488 e. The summed E-state index contributed by atoms with van der Waals surface area (Å²) in [5.74, 6) is 1.92. The molecule has 6 nitrogen and oxygen atoms in total. The van der Waals surface area contributed by atoms with Crippen LogP contribution >= 0.6 is 0 Å². The van der Waals surface area contributed by atoms with Crippen LogP contribution in [-0.2, 0) is 14.2 Å². The first-order valence-electron chi connectivity index (χ1n) is 7.55. The van der Waals surface area contributed by atoms with E-state index >= 15 is 0 Å². The Bertz CT molecular complexity index is 378. The normalized spacial score (nSPS) is 17.3. The summed E-state index contributed by atoms with van der Waals surface area (Å²) in [7, 11) is 1.65. The molecule has 0 bridgehead atoms. The number of amidine groups is 2. The lowest BCUT2D eigenvalue weighted by Gasteiger charge is -2.10. The highest BCUT2D eigenvalue weighted by molar-refractivity contribution is 6.05. The Balaban J connectivity index is 2.47. The Hall–Kier alpha value is -1.40. The molecule has 1 aliphatic heterocycles. The number of hydrogen-bond donors (Lipinski definition) is 1. The van der Waals surface area contributed by atoms with E-state index in [-0.39, 0.29) is 0 Å². The van der Waals surface area contributed by atoms with Crippen molar-refractivity contribution in [2.24, 2.45) is 15.7 Å². The summed E-state index contributed by atoms with van der Waals surface area (Å²) in [5, 5.41) is 0. The van der Waals surface area contributed by atoms with Gasteiger partial charge in [0.25, 0.3) is 0 Å². The summed E-state index contributed by atoms with van der Waals surface area (Å²) in [6.45, 7) is 5.03. The van der Waals surface area contributed by atoms with Gasteiger partial charge in [-0.25, -0.2) is 4.99 Å². The topological polar surface area (TPSA) is 78.4 Å². The van der Waals surface area contributed by atoms with E-state index in [4.69, 9.17) is 19.9 Å². The molecule has 1 rings (SSSR count). The molecule has 0 aromatic rings. The van der Waals surface area contributed by atoms with Crippen LogP contribution in [0.25, 0.3) is 0 Å². The van der Waals surface area contributed by atoms with Crippen molar-refractivity contribution in [3.05, 3.63) is 11.8 Å². The highest BCUT2D eigenvalue weighted by atomic mass is 16.5. The van der Waals surface area contributed by atoms with Gasteiger partial charge in [-0.05, 0) is 18.9 Å². The molecule has 0 saturated heterocycles. The average Bonchev–Trinajstić information content (AvgIpc) is 2.65. The molecule has 0 atom stereocenters. The van der Waals surface area contributed by atoms with Crippen LogP contribution in [0.4, 0.5) is 0 Å². The third kappa shape index (κ3) is 7.82. The van der Waals surface area contributed by atoms with Crippen LogP contribution in [0.1, 0.15) is 32.6 Å². The molecule has 0 unspecified atom stereocenters. The van der Waals surface area contributed by atoms with E-state index in [1.54, 1.807) is 7.11 Å². The summed E-state index contributed by atoms with van der Waals surface area (Å²) in [6.07, 6.45) is 5.70. The molecule has 2 N–H and O–H groups in total. The van der Waals surface area contributed by atoms with E-state index in [0.717, 1.165) is 32.2 Å². The standard InChI is InChI=1S/C15H27N3O3/c1-3-4-8-17-15-13(6-5-7-14(16)18-15)21-12-11-20-10-9-19-2/h6H,3-5,7-12H2,1-2H3,(H2,16,17,18). The second-order valence-corrected chi connectivity index (χ2v) is 4.72. The van der Waals surface area contributed by atoms with Gasteiger partial charge < -0.3 is 19.9 Å². The first-order valence-corrected chi connectivity index (χ1v) is 7.55. The first kappa shape index (κ1) is 17.7. The highest BCUT2D eigenvalue weighted by Crippen LogP contribution is 2.11. The van der Waals surface area contributed by atoms with E-state index in [2.05, 4.69) is 16.9 Å². The van der Waals surface area contributed by atoms with E-state index in [9.17, 15) is 0 Å². The number of aliphatic imine (C=N–C) groups is 2. The number of unbranched alkanes of at least 4 members (excludes halogenated alkanes) is 1. The lowest BCUT2D eigenvalue weighted by atomic mass is 10.3. The number of ether oxygens (including phenoxy) is 3. The predicted octanol–water partition coefficient (Wildman–Crippen LogP) is 1.90. The third-order valence-electron chi connectivity index (χ3n) is 2.89. The number of hydrogen-bond acceptors (Lipinski definition) is 5. The van der Waals surface area contributed by atoms with E-state index in [1.165, 1.54) is 0 Å². The Morgan fingerprint density at radius 1 is 1.29 bits per heavy atom. The van der Waals surface area contributed by atoms with Crippen LogP contribution in [-0.4, -0.2) is 51.8 Å². The summed E-state index contributed by atoms with van der Waals surface area (Å²) >= 11 is 0. The number of rotatable bonds is 10. The molecule has 6 heteroatoms. The van der Waals surface area contributed by atoms with Crippen LogP contribution in [0, 0.1) is 0 Å². The zero-order chi connectivity index (χ0) is 15.3. The van der Waals surface area contributed by atoms with Gasteiger partial charge in [-0.1, -0.05) is 13.3 Å². The minimum absolute atomic E-state index is 0.470. The van der Waals surface area contributed by atoms with Gasteiger partial charge in [0.1, 0.15) is 12.4 Å². The van der Waals surface area contributed by atoms with E-state index in [0.29, 0.717) is 43.9 Å². The molecule has 0 aliphatic carbocycles. The summed E-state index contributed by atoms with van der Waals surface area (Å²) in [5.41, 5.74) is 5.84. The molecule has 0 fully saturated rings. The zero-order valence-corrected chi connectivity index (χ0v) is 13.1. The molecule has 1 aliphatic rings. The van der Waals surface area contributed by atoms with Crippen molar-refractivity contribution in [1.82, 2.24) is 0 Å². The van der Waals surface area contributed by atoms with Crippen LogP contribution in [0.3, 0.4) is 0 Å².